The fourth-order valence-electron chi connectivity index (χ4n) is 1.62. The molecular weight excluding hydrogens is 263 g/mol. The molecule has 0 bridgehead atoms. The molecule has 0 atom stereocenters. The molecule has 0 spiro atoms. The first kappa shape index (κ1) is 14.0. The highest BCUT2D eigenvalue weighted by Crippen LogP contribution is 2.27. The van der Waals surface area contributed by atoms with Crippen molar-refractivity contribution in [3.05, 3.63) is 24.0 Å². The molecule has 0 aliphatic carbocycles. The lowest BCUT2D eigenvalue weighted by atomic mass is 10.2. The Labute approximate surface area is 116 Å². The van der Waals surface area contributed by atoms with Crippen LogP contribution < -0.4 is 14.8 Å². The van der Waals surface area contributed by atoms with Gasteiger partial charge < -0.3 is 14.8 Å². The Kier molecular flexibility index (Phi) is 4.29. The second kappa shape index (κ2) is 6.14. The summed E-state index contributed by atoms with van der Waals surface area (Å²) in [7, 11) is 3.07. The zero-order chi connectivity index (χ0) is 14.5. The Balaban J connectivity index is 2.54. The number of hydrogen-bond donors (Lipinski definition) is 1. The van der Waals surface area contributed by atoms with Gasteiger partial charge in [0.2, 0.25) is 5.95 Å². The van der Waals surface area contributed by atoms with E-state index >= 15 is 0 Å². The maximum Gasteiger partial charge on any atom is 0.321 e. The van der Waals surface area contributed by atoms with Gasteiger partial charge in [0, 0.05) is 7.05 Å². The van der Waals surface area contributed by atoms with Crippen molar-refractivity contribution < 1.29 is 13.9 Å². The molecule has 7 heteroatoms. The van der Waals surface area contributed by atoms with Crippen LogP contribution in [0, 0.1) is 5.82 Å². The summed E-state index contributed by atoms with van der Waals surface area (Å²) < 4.78 is 24.4. The number of nitrogens with zero attached hydrogens (tertiary/aromatic N) is 3. The molecule has 1 aromatic heterocycles. The highest BCUT2D eigenvalue weighted by Gasteiger charge is 2.15. The summed E-state index contributed by atoms with van der Waals surface area (Å²) in [5.41, 5.74) is 0.226. The van der Waals surface area contributed by atoms with Crippen LogP contribution in [0.25, 0.3) is 11.4 Å². The fraction of sp³-hybridized carbons (Fsp3) is 0.308. The summed E-state index contributed by atoms with van der Waals surface area (Å²) in [5.74, 6) is 0.0995. The van der Waals surface area contributed by atoms with Crippen molar-refractivity contribution in [1.82, 2.24) is 15.0 Å². The van der Waals surface area contributed by atoms with Crippen molar-refractivity contribution >= 4 is 5.95 Å². The summed E-state index contributed by atoms with van der Waals surface area (Å²) in [5, 5.41) is 2.79. The number of aromatic nitrogens is 3. The quantitative estimate of drug-likeness (QED) is 0.903. The number of methoxy groups -OCH3 is 1. The van der Waals surface area contributed by atoms with E-state index in [1.54, 1.807) is 19.2 Å². The summed E-state index contributed by atoms with van der Waals surface area (Å²) in [6, 6.07) is 4.91. The van der Waals surface area contributed by atoms with Gasteiger partial charge in [0.25, 0.3) is 0 Å². The molecule has 2 rings (SSSR count). The number of ether oxygens (including phenoxy) is 2. The highest BCUT2D eigenvalue weighted by atomic mass is 19.1. The molecule has 6 nitrogen and oxygen atoms in total. The van der Waals surface area contributed by atoms with E-state index in [0.717, 1.165) is 0 Å². The van der Waals surface area contributed by atoms with Crippen LogP contribution in [-0.2, 0) is 0 Å². The van der Waals surface area contributed by atoms with Crippen LogP contribution in [-0.4, -0.2) is 35.7 Å². The van der Waals surface area contributed by atoms with Crippen LogP contribution in [0.5, 0.6) is 11.8 Å². The number of halogens is 1. The van der Waals surface area contributed by atoms with Gasteiger partial charge >= 0.3 is 6.01 Å². The zero-order valence-electron chi connectivity index (χ0n) is 11.5. The minimum atomic E-state index is -0.522. The lowest BCUT2D eigenvalue weighted by molar-refractivity contribution is 0.312. The standard InChI is InChI=1S/C13H15FN4O2/c1-4-20-13-17-11(16-12(15-2)18-13)8-6-5-7-9(19-3)10(8)14/h5-7H,4H2,1-3H3,(H,15,16,17,18). The van der Waals surface area contributed by atoms with Gasteiger partial charge in [-0.15, -0.1) is 0 Å². The SMILES string of the molecule is CCOc1nc(NC)nc(-c2cccc(OC)c2F)n1. The normalized spacial score (nSPS) is 10.2. The van der Waals surface area contributed by atoms with Crippen LogP contribution in [0.3, 0.4) is 0 Å². The van der Waals surface area contributed by atoms with Crippen LogP contribution in [0.1, 0.15) is 6.92 Å². The van der Waals surface area contributed by atoms with Crippen molar-refractivity contribution in [1.29, 1.82) is 0 Å². The first-order chi connectivity index (χ1) is 9.69. The third kappa shape index (κ3) is 2.76. The Morgan fingerprint density at radius 2 is 2.05 bits per heavy atom. The van der Waals surface area contributed by atoms with Gasteiger partial charge in [0.1, 0.15) is 0 Å². The third-order valence-electron chi connectivity index (χ3n) is 2.54. The van der Waals surface area contributed by atoms with E-state index in [2.05, 4.69) is 20.3 Å². The molecule has 1 N–H and O–H groups in total. The van der Waals surface area contributed by atoms with Crippen LogP contribution in [0.2, 0.25) is 0 Å². The first-order valence-corrected chi connectivity index (χ1v) is 6.09. The van der Waals surface area contributed by atoms with E-state index in [1.165, 1.54) is 13.2 Å². The Morgan fingerprint density at radius 3 is 2.70 bits per heavy atom. The Morgan fingerprint density at radius 1 is 1.25 bits per heavy atom. The van der Waals surface area contributed by atoms with Crippen LogP contribution in [0.4, 0.5) is 10.3 Å². The summed E-state index contributed by atoms with van der Waals surface area (Å²) in [6.45, 7) is 2.22. The van der Waals surface area contributed by atoms with E-state index in [-0.39, 0.29) is 23.1 Å². The first-order valence-electron chi connectivity index (χ1n) is 6.09. The molecule has 0 saturated heterocycles. The van der Waals surface area contributed by atoms with Gasteiger partial charge in [-0.2, -0.15) is 15.0 Å². The Hall–Kier alpha value is -2.44. The lowest BCUT2D eigenvalue weighted by Gasteiger charge is -2.09. The van der Waals surface area contributed by atoms with Crippen LogP contribution in [0.15, 0.2) is 18.2 Å². The molecule has 0 amide bonds. The molecule has 0 radical (unpaired) electrons. The van der Waals surface area contributed by atoms with Gasteiger partial charge in [-0.3, -0.25) is 0 Å². The summed E-state index contributed by atoms with van der Waals surface area (Å²) in [4.78, 5) is 12.3. The molecule has 1 aromatic carbocycles. The maximum atomic E-state index is 14.2. The van der Waals surface area contributed by atoms with E-state index in [4.69, 9.17) is 9.47 Å². The zero-order valence-corrected chi connectivity index (χ0v) is 11.5. The second-order valence-corrected chi connectivity index (χ2v) is 3.77. The summed E-state index contributed by atoms with van der Waals surface area (Å²) in [6.07, 6.45) is 0. The fourth-order valence-corrected chi connectivity index (χ4v) is 1.62. The van der Waals surface area contributed by atoms with Gasteiger partial charge in [-0.25, -0.2) is 4.39 Å². The number of hydrogen-bond acceptors (Lipinski definition) is 6. The summed E-state index contributed by atoms with van der Waals surface area (Å²) >= 11 is 0. The van der Waals surface area contributed by atoms with E-state index in [9.17, 15) is 4.39 Å². The highest BCUT2D eigenvalue weighted by molar-refractivity contribution is 5.60. The van der Waals surface area contributed by atoms with Crippen molar-refractivity contribution in [2.45, 2.75) is 6.92 Å². The average molecular weight is 278 g/mol. The van der Waals surface area contributed by atoms with Crippen molar-refractivity contribution in [2.24, 2.45) is 0 Å². The van der Waals surface area contributed by atoms with E-state index in [0.29, 0.717) is 12.6 Å². The van der Waals surface area contributed by atoms with Gasteiger partial charge in [0.05, 0.1) is 19.3 Å². The number of benzene rings is 1. The molecule has 0 aliphatic heterocycles. The predicted molar refractivity (Wildman–Crippen MR) is 72.5 cm³/mol. The molecule has 2 aromatic rings. The lowest BCUT2D eigenvalue weighted by Crippen LogP contribution is -2.06. The topological polar surface area (TPSA) is 69.2 Å². The molecule has 106 valence electrons. The smallest absolute Gasteiger partial charge is 0.321 e. The monoisotopic (exact) mass is 278 g/mol. The van der Waals surface area contributed by atoms with Gasteiger partial charge in [-0.05, 0) is 19.1 Å². The molecule has 0 fully saturated rings. The number of nitrogens with one attached hydrogen (secondary N) is 1. The molecule has 0 aliphatic rings. The predicted octanol–water partition coefficient (Wildman–Crippen LogP) is 2.13. The van der Waals surface area contributed by atoms with Gasteiger partial charge in [0.15, 0.2) is 17.4 Å². The van der Waals surface area contributed by atoms with Crippen molar-refractivity contribution in [3.8, 4) is 23.1 Å². The molecule has 0 saturated carbocycles. The second-order valence-electron chi connectivity index (χ2n) is 3.77. The minimum Gasteiger partial charge on any atom is -0.494 e. The molecule has 20 heavy (non-hydrogen) atoms. The third-order valence-corrected chi connectivity index (χ3v) is 2.54. The average Bonchev–Trinajstić information content (AvgIpc) is 2.47. The van der Waals surface area contributed by atoms with Crippen molar-refractivity contribution in [3.63, 3.8) is 0 Å². The largest absolute Gasteiger partial charge is 0.494 e. The van der Waals surface area contributed by atoms with E-state index in [1.807, 2.05) is 6.92 Å². The Bertz CT molecular complexity index is 607. The maximum absolute atomic E-state index is 14.2. The van der Waals surface area contributed by atoms with E-state index < -0.39 is 5.82 Å². The van der Waals surface area contributed by atoms with Crippen molar-refractivity contribution in [2.75, 3.05) is 26.1 Å². The molecular formula is C13H15FN4O2. The minimum absolute atomic E-state index is 0.131. The molecule has 1 heterocycles. The van der Waals surface area contributed by atoms with Gasteiger partial charge in [-0.1, -0.05) is 6.07 Å². The molecule has 0 unspecified atom stereocenters. The number of rotatable bonds is 5. The van der Waals surface area contributed by atoms with Crippen LogP contribution >= 0.6 is 0 Å². The number of anilines is 1.